The van der Waals surface area contributed by atoms with Crippen LogP contribution in [0.5, 0.6) is 0 Å². The summed E-state index contributed by atoms with van der Waals surface area (Å²) in [5.74, 6) is -0.179. The van der Waals surface area contributed by atoms with E-state index in [9.17, 15) is 4.79 Å². The highest BCUT2D eigenvalue weighted by Crippen LogP contribution is 2.09. The summed E-state index contributed by atoms with van der Waals surface area (Å²) in [5, 5.41) is 8.35. The van der Waals surface area contributed by atoms with E-state index in [-0.39, 0.29) is 17.6 Å². The van der Waals surface area contributed by atoms with Gasteiger partial charge in [-0.3, -0.25) is 4.79 Å². The van der Waals surface area contributed by atoms with E-state index in [0.29, 0.717) is 0 Å². The largest absolute Gasteiger partial charge is 0.300 e. The van der Waals surface area contributed by atoms with Gasteiger partial charge in [-0.2, -0.15) is 5.26 Å². The molecule has 0 aromatic heterocycles. The van der Waals surface area contributed by atoms with E-state index < -0.39 is 0 Å². The zero-order valence-corrected chi connectivity index (χ0v) is 6.01. The molecular formula is C7H11NO. The second kappa shape index (κ2) is 3.24. The van der Waals surface area contributed by atoms with E-state index >= 15 is 0 Å². The van der Waals surface area contributed by atoms with Crippen molar-refractivity contribution in [3.8, 4) is 6.07 Å². The fraction of sp³-hybridized carbons (Fsp3) is 0.714. The molecule has 0 saturated carbocycles. The van der Waals surface area contributed by atoms with E-state index in [1.54, 1.807) is 13.8 Å². The first-order valence-electron chi connectivity index (χ1n) is 2.99. The molecule has 0 rings (SSSR count). The number of hydrogen-bond acceptors (Lipinski definition) is 2. The summed E-state index contributed by atoms with van der Waals surface area (Å²) >= 11 is 0. The van der Waals surface area contributed by atoms with E-state index in [1.165, 1.54) is 6.92 Å². The molecule has 0 heterocycles. The second-order valence-electron chi connectivity index (χ2n) is 2.32. The van der Waals surface area contributed by atoms with Crippen LogP contribution in [0.3, 0.4) is 0 Å². The van der Waals surface area contributed by atoms with Crippen LogP contribution in [0, 0.1) is 23.2 Å². The number of carbonyl (C=O) groups is 1. The van der Waals surface area contributed by atoms with Gasteiger partial charge in [-0.05, 0) is 13.8 Å². The van der Waals surface area contributed by atoms with Crippen molar-refractivity contribution < 1.29 is 4.79 Å². The zero-order valence-electron chi connectivity index (χ0n) is 6.01. The van der Waals surface area contributed by atoms with Crippen LogP contribution in [-0.2, 0) is 4.79 Å². The molecule has 0 aromatic carbocycles. The summed E-state index contributed by atoms with van der Waals surface area (Å²) in [4.78, 5) is 10.6. The Morgan fingerprint density at radius 3 is 2.11 bits per heavy atom. The van der Waals surface area contributed by atoms with Gasteiger partial charge in [0, 0.05) is 5.92 Å². The van der Waals surface area contributed by atoms with Gasteiger partial charge in [-0.15, -0.1) is 0 Å². The molecule has 0 N–H and O–H groups in total. The molecule has 9 heavy (non-hydrogen) atoms. The van der Waals surface area contributed by atoms with Crippen molar-refractivity contribution in [2.45, 2.75) is 20.8 Å². The maximum absolute atomic E-state index is 10.6. The van der Waals surface area contributed by atoms with Crippen molar-refractivity contribution >= 4 is 5.78 Å². The van der Waals surface area contributed by atoms with E-state index in [2.05, 4.69) is 0 Å². The predicted molar refractivity (Wildman–Crippen MR) is 34.6 cm³/mol. The number of nitrogens with zero attached hydrogens (tertiary/aromatic N) is 1. The van der Waals surface area contributed by atoms with Crippen LogP contribution in [0.2, 0.25) is 0 Å². The minimum atomic E-state index is -0.150. The Bertz CT molecular complexity index is 145. The molecule has 2 unspecified atom stereocenters. The van der Waals surface area contributed by atoms with Crippen molar-refractivity contribution in [1.82, 2.24) is 0 Å². The van der Waals surface area contributed by atoms with Gasteiger partial charge in [0.2, 0.25) is 0 Å². The van der Waals surface area contributed by atoms with Crippen LogP contribution in [0.25, 0.3) is 0 Å². The minimum absolute atomic E-state index is 0.0871. The number of ketones is 1. The van der Waals surface area contributed by atoms with Crippen LogP contribution < -0.4 is 0 Å². The highest BCUT2D eigenvalue weighted by molar-refractivity contribution is 5.78. The van der Waals surface area contributed by atoms with Crippen molar-refractivity contribution in [3.63, 3.8) is 0 Å². The smallest absolute Gasteiger partial charge is 0.133 e. The van der Waals surface area contributed by atoms with E-state index in [4.69, 9.17) is 5.26 Å². The van der Waals surface area contributed by atoms with Gasteiger partial charge in [-0.1, -0.05) is 6.92 Å². The van der Waals surface area contributed by atoms with Crippen molar-refractivity contribution in [3.05, 3.63) is 0 Å². The summed E-state index contributed by atoms with van der Waals surface area (Å²) in [6.45, 7) is 5.04. The van der Waals surface area contributed by atoms with Gasteiger partial charge >= 0.3 is 0 Å². The lowest BCUT2D eigenvalue weighted by molar-refractivity contribution is -0.121. The molecule has 2 nitrogen and oxygen atoms in total. The first-order chi connectivity index (χ1) is 4.09. The van der Waals surface area contributed by atoms with E-state index in [1.807, 2.05) is 6.07 Å². The molecule has 2 heteroatoms. The molecule has 0 radical (unpaired) electrons. The van der Waals surface area contributed by atoms with Crippen molar-refractivity contribution in [2.75, 3.05) is 0 Å². The molecule has 0 aromatic rings. The van der Waals surface area contributed by atoms with Gasteiger partial charge in [0.1, 0.15) is 5.78 Å². The Kier molecular flexibility index (Phi) is 2.94. The fourth-order valence-electron chi connectivity index (χ4n) is 0.464. The standard InChI is InChI=1S/C7H11NO/c1-5(4-8)6(2)7(3)9/h5-6H,1-3H3. The zero-order chi connectivity index (χ0) is 7.44. The molecule has 2 atom stereocenters. The SMILES string of the molecule is CC(=O)C(C)C(C)C#N. The number of hydrogen-bond donors (Lipinski definition) is 0. The average Bonchev–Trinajstić information content (AvgIpc) is 1.84. The Morgan fingerprint density at radius 2 is 2.00 bits per heavy atom. The van der Waals surface area contributed by atoms with Gasteiger partial charge in [0.05, 0.1) is 12.0 Å². The number of nitriles is 1. The monoisotopic (exact) mass is 125 g/mol. The van der Waals surface area contributed by atoms with Crippen LogP contribution in [-0.4, -0.2) is 5.78 Å². The number of rotatable bonds is 2. The molecular weight excluding hydrogens is 114 g/mol. The van der Waals surface area contributed by atoms with Gasteiger partial charge in [0.25, 0.3) is 0 Å². The second-order valence-corrected chi connectivity index (χ2v) is 2.32. The topological polar surface area (TPSA) is 40.9 Å². The predicted octanol–water partition coefficient (Wildman–Crippen LogP) is 1.37. The molecule has 0 spiro atoms. The molecule has 0 fully saturated rings. The maximum atomic E-state index is 10.6. The summed E-state index contributed by atoms with van der Waals surface area (Å²) in [6, 6.07) is 2.03. The fourth-order valence-corrected chi connectivity index (χ4v) is 0.464. The summed E-state index contributed by atoms with van der Waals surface area (Å²) < 4.78 is 0. The molecule has 50 valence electrons. The third kappa shape index (κ3) is 2.27. The Balaban J connectivity index is 3.91. The summed E-state index contributed by atoms with van der Waals surface area (Å²) in [5.41, 5.74) is 0. The summed E-state index contributed by atoms with van der Waals surface area (Å²) in [6.07, 6.45) is 0. The number of carbonyl (C=O) groups excluding carboxylic acids is 1. The first kappa shape index (κ1) is 8.16. The minimum Gasteiger partial charge on any atom is -0.300 e. The first-order valence-corrected chi connectivity index (χ1v) is 2.99. The number of Topliss-reactive ketones (excluding diaryl/α,β-unsaturated/α-hetero) is 1. The third-order valence-corrected chi connectivity index (χ3v) is 1.59. The van der Waals surface area contributed by atoms with Crippen LogP contribution in [0.1, 0.15) is 20.8 Å². The van der Waals surface area contributed by atoms with E-state index in [0.717, 1.165) is 0 Å². The normalized spacial score (nSPS) is 15.8. The van der Waals surface area contributed by atoms with Crippen molar-refractivity contribution in [1.29, 1.82) is 5.26 Å². The maximum Gasteiger partial charge on any atom is 0.133 e. The highest BCUT2D eigenvalue weighted by atomic mass is 16.1. The average molecular weight is 125 g/mol. The lowest BCUT2D eigenvalue weighted by Gasteiger charge is -2.06. The van der Waals surface area contributed by atoms with Crippen molar-refractivity contribution in [2.24, 2.45) is 11.8 Å². The molecule has 0 aliphatic heterocycles. The molecule has 0 aliphatic carbocycles. The van der Waals surface area contributed by atoms with Gasteiger partial charge in [-0.25, -0.2) is 0 Å². The third-order valence-electron chi connectivity index (χ3n) is 1.59. The Hall–Kier alpha value is -0.840. The van der Waals surface area contributed by atoms with Crippen LogP contribution in [0.15, 0.2) is 0 Å². The Morgan fingerprint density at radius 1 is 1.56 bits per heavy atom. The summed E-state index contributed by atoms with van der Waals surface area (Å²) in [7, 11) is 0. The molecule has 0 amide bonds. The van der Waals surface area contributed by atoms with Crippen LogP contribution >= 0.6 is 0 Å². The van der Waals surface area contributed by atoms with Crippen LogP contribution in [0.4, 0.5) is 0 Å². The quantitative estimate of drug-likeness (QED) is 0.559. The lowest BCUT2D eigenvalue weighted by Crippen LogP contribution is -2.13. The van der Waals surface area contributed by atoms with Gasteiger partial charge in [0.15, 0.2) is 0 Å². The molecule has 0 aliphatic rings. The van der Waals surface area contributed by atoms with Gasteiger partial charge < -0.3 is 0 Å². The lowest BCUT2D eigenvalue weighted by atomic mass is 9.94. The molecule has 0 bridgehead atoms. The Labute approximate surface area is 55.5 Å². The highest BCUT2D eigenvalue weighted by Gasteiger charge is 2.14. The molecule has 0 saturated heterocycles.